The maximum Gasteiger partial charge on any atom is 0.222 e. The number of hydrogen-bond donors (Lipinski definition) is 2. The molecule has 16 heavy (non-hydrogen) atoms. The Balaban J connectivity index is 2.05. The van der Waals surface area contributed by atoms with Crippen molar-refractivity contribution >= 4 is 17.3 Å². The third-order valence-corrected chi connectivity index (χ3v) is 2.96. The van der Waals surface area contributed by atoms with Crippen molar-refractivity contribution in [3.05, 3.63) is 29.9 Å². The van der Waals surface area contributed by atoms with Crippen LogP contribution in [0.1, 0.15) is 6.92 Å². The van der Waals surface area contributed by atoms with E-state index < -0.39 is 0 Å². The lowest BCUT2D eigenvalue weighted by Gasteiger charge is -2.07. The molecule has 0 bridgehead atoms. The maximum absolute atomic E-state index is 5.63. The van der Waals surface area contributed by atoms with Crippen LogP contribution in [0, 0.1) is 0 Å². The van der Waals surface area contributed by atoms with Crippen LogP contribution in [0.25, 0.3) is 10.4 Å². The molecule has 1 atom stereocenters. The SMILES string of the molecule is CC(N)CNc1ncc(-c2cccs2)cn1. The highest BCUT2D eigenvalue weighted by Crippen LogP contribution is 2.23. The van der Waals surface area contributed by atoms with Crippen molar-refractivity contribution in [1.82, 2.24) is 9.97 Å². The third kappa shape index (κ3) is 2.77. The molecule has 0 spiro atoms. The van der Waals surface area contributed by atoms with Gasteiger partial charge in [-0.1, -0.05) is 6.07 Å². The van der Waals surface area contributed by atoms with E-state index in [9.17, 15) is 0 Å². The molecule has 0 aliphatic rings. The molecular weight excluding hydrogens is 220 g/mol. The van der Waals surface area contributed by atoms with Gasteiger partial charge in [-0.2, -0.15) is 0 Å². The topological polar surface area (TPSA) is 63.8 Å². The standard InChI is InChI=1S/C11H14N4S/c1-8(12)5-13-11-14-6-9(7-15-11)10-3-2-4-16-10/h2-4,6-8H,5,12H2,1H3,(H,13,14,15). The highest BCUT2D eigenvalue weighted by Gasteiger charge is 2.01. The zero-order valence-electron chi connectivity index (χ0n) is 9.05. The molecule has 2 aromatic rings. The molecule has 5 heteroatoms. The summed E-state index contributed by atoms with van der Waals surface area (Å²) in [4.78, 5) is 9.65. The van der Waals surface area contributed by atoms with Gasteiger partial charge in [0.25, 0.3) is 0 Å². The first kappa shape index (κ1) is 11.0. The molecular formula is C11H14N4S. The van der Waals surface area contributed by atoms with Gasteiger partial charge in [-0.3, -0.25) is 0 Å². The molecule has 0 fully saturated rings. The average Bonchev–Trinajstić information content (AvgIpc) is 2.80. The van der Waals surface area contributed by atoms with E-state index in [1.165, 1.54) is 4.88 Å². The summed E-state index contributed by atoms with van der Waals surface area (Å²) in [6.45, 7) is 2.62. The summed E-state index contributed by atoms with van der Waals surface area (Å²) < 4.78 is 0. The van der Waals surface area contributed by atoms with Crippen molar-refractivity contribution in [2.75, 3.05) is 11.9 Å². The van der Waals surface area contributed by atoms with Crippen LogP contribution >= 0.6 is 11.3 Å². The van der Waals surface area contributed by atoms with Crippen LogP contribution < -0.4 is 11.1 Å². The number of hydrogen-bond acceptors (Lipinski definition) is 5. The third-order valence-electron chi connectivity index (χ3n) is 2.04. The predicted molar refractivity (Wildman–Crippen MR) is 67.5 cm³/mol. The van der Waals surface area contributed by atoms with Gasteiger partial charge in [-0.25, -0.2) is 9.97 Å². The normalized spacial score (nSPS) is 12.4. The number of nitrogens with zero attached hydrogens (tertiary/aromatic N) is 2. The Morgan fingerprint density at radius 1 is 1.44 bits per heavy atom. The van der Waals surface area contributed by atoms with Crippen molar-refractivity contribution < 1.29 is 0 Å². The van der Waals surface area contributed by atoms with Gasteiger partial charge in [0, 0.05) is 35.4 Å². The van der Waals surface area contributed by atoms with Crippen molar-refractivity contribution in [3.63, 3.8) is 0 Å². The lowest BCUT2D eigenvalue weighted by molar-refractivity contribution is 0.773. The molecule has 0 aromatic carbocycles. The summed E-state index contributed by atoms with van der Waals surface area (Å²) in [6, 6.07) is 4.17. The van der Waals surface area contributed by atoms with E-state index in [1.807, 2.05) is 30.8 Å². The summed E-state index contributed by atoms with van der Waals surface area (Å²) in [5.74, 6) is 0.623. The van der Waals surface area contributed by atoms with Crippen LogP contribution in [-0.2, 0) is 0 Å². The average molecular weight is 234 g/mol. The number of anilines is 1. The van der Waals surface area contributed by atoms with Crippen molar-refractivity contribution in [3.8, 4) is 10.4 Å². The second kappa shape index (κ2) is 5.05. The lowest BCUT2D eigenvalue weighted by atomic mass is 10.3. The number of nitrogens with one attached hydrogen (secondary N) is 1. The monoisotopic (exact) mass is 234 g/mol. The molecule has 0 amide bonds. The fourth-order valence-electron chi connectivity index (χ4n) is 1.24. The molecule has 0 radical (unpaired) electrons. The Hall–Kier alpha value is -1.46. The zero-order chi connectivity index (χ0) is 11.4. The number of nitrogens with two attached hydrogens (primary N) is 1. The molecule has 0 aliphatic heterocycles. The van der Waals surface area contributed by atoms with Gasteiger partial charge in [0.15, 0.2) is 0 Å². The Labute approximate surface area is 98.6 Å². The maximum atomic E-state index is 5.63. The first-order chi connectivity index (χ1) is 7.75. The molecule has 3 N–H and O–H groups in total. The summed E-state index contributed by atoms with van der Waals surface area (Å²) in [5, 5.41) is 5.11. The van der Waals surface area contributed by atoms with Gasteiger partial charge >= 0.3 is 0 Å². The Kier molecular flexibility index (Phi) is 3.48. The predicted octanol–water partition coefficient (Wildman–Crippen LogP) is 1.96. The van der Waals surface area contributed by atoms with E-state index in [1.54, 1.807) is 11.3 Å². The van der Waals surface area contributed by atoms with E-state index in [2.05, 4.69) is 21.4 Å². The van der Waals surface area contributed by atoms with Crippen LogP contribution in [0.3, 0.4) is 0 Å². The Morgan fingerprint density at radius 2 is 2.19 bits per heavy atom. The van der Waals surface area contributed by atoms with Crippen LogP contribution in [0.15, 0.2) is 29.9 Å². The van der Waals surface area contributed by atoms with Crippen LogP contribution in [0.5, 0.6) is 0 Å². The van der Waals surface area contributed by atoms with Crippen molar-refractivity contribution in [2.45, 2.75) is 13.0 Å². The molecule has 0 saturated heterocycles. The van der Waals surface area contributed by atoms with E-state index >= 15 is 0 Å². The van der Waals surface area contributed by atoms with Gasteiger partial charge in [0.1, 0.15) is 0 Å². The molecule has 2 rings (SSSR count). The fourth-order valence-corrected chi connectivity index (χ4v) is 1.94. The van der Waals surface area contributed by atoms with Gasteiger partial charge in [-0.05, 0) is 18.4 Å². The highest BCUT2D eigenvalue weighted by molar-refractivity contribution is 7.13. The molecule has 4 nitrogen and oxygen atoms in total. The minimum atomic E-state index is 0.0978. The van der Waals surface area contributed by atoms with E-state index in [0.29, 0.717) is 12.5 Å². The molecule has 1 unspecified atom stereocenters. The molecule has 0 aliphatic carbocycles. The summed E-state index contributed by atoms with van der Waals surface area (Å²) in [6.07, 6.45) is 3.64. The minimum absolute atomic E-state index is 0.0978. The fraction of sp³-hybridized carbons (Fsp3) is 0.273. The first-order valence-corrected chi connectivity index (χ1v) is 5.99. The second-order valence-electron chi connectivity index (χ2n) is 3.63. The smallest absolute Gasteiger partial charge is 0.222 e. The van der Waals surface area contributed by atoms with Crippen LogP contribution in [0.4, 0.5) is 5.95 Å². The van der Waals surface area contributed by atoms with E-state index in [0.717, 1.165) is 5.56 Å². The van der Waals surface area contributed by atoms with Gasteiger partial charge in [-0.15, -0.1) is 11.3 Å². The van der Waals surface area contributed by atoms with Gasteiger partial charge in [0.05, 0.1) is 0 Å². The molecule has 2 heterocycles. The number of thiophene rings is 1. The quantitative estimate of drug-likeness (QED) is 0.849. The second-order valence-corrected chi connectivity index (χ2v) is 4.58. The highest BCUT2D eigenvalue weighted by atomic mass is 32.1. The molecule has 2 aromatic heterocycles. The zero-order valence-corrected chi connectivity index (χ0v) is 9.87. The number of rotatable bonds is 4. The van der Waals surface area contributed by atoms with Gasteiger partial charge in [0.2, 0.25) is 5.95 Å². The minimum Gasteiger partial charge on any atom is -0.353 e. The lowest BCUT2D eigenvalue weighted by Crippen LogP contribution is -2.25. The molecule has 84 valence electrons. The van der Waals surface area contributed by atoms with E-state index in [-0.39, 0.29) is 6.04 Å². The molecule has 0 saturated carbocycles. The summed E-state index contributed by atoms with van der Waals surface area (Å²) in [7, 11) is 0. The van der Waals surface area contributed by atoms with E-state index in [4.69, 9.17) is 5.73 Å². The first-order valence-electron chi connectivity index (χ1n) is 5.11. The summed E-state index contributed by atoms with van der Waals surface area (Å²) in [5.41, 5.74) is 6.67. The largest absolute Gasteiger partial charge is 0.353 e. The van der Waals surface area contributed by atoms with Crippen LogP contribution in [-0.4, -0.2) is 22.6 Å². The Bertz CT molecular complexity index is 422. The van der Waals surface area contributed by atoms with Crippen molar-refractivity contribution in [1.29, 1.82) is 0 Å². The Morgan fingerprint density at radius 3 is 2.75 bits per heavy atom. The summed E-state index contributed by atoms with van der Waals surface area (Å²) >= 11 is 1.68. The van der Waals surface area contributed by atoms with Crippen molar-refractivity contribution in [2.24, 2.45) is 5.73 Å². The number of aromatic nitrogens is 2. The van der Waals surface area contributed by atoms with Gasteiger partial charge < -0.3 is 11.1 Å². The van der Waals surface area contributed by atoms with Crippen LogP contribution in [0.2, 0.25) is 0 Å².